The Hall–Kier alpha value is -1.27. The summed E-state index contributed by atoms with van der Waals surface area (Å²) in [6, 6.07) is 9.32. The first kappa shape index (κ1) is 33.1. The quantitative estimate of drug-likeness (QED) is 0.149. The molecule has 4 aliphatic rings. The predicted octanol–water partition coefficient (Wildman–Crippen LogP) is 9.05. The zero-order valence-electron chi connectivity index (χ0n) is 28.1. The monoisotopic (exact) mass is 608 g/mol. The second-order valence-corrected chi connectivity index (χ2v) is 21.3. The number of Topliss-reactive ketones (excluding diaryl/α,β-unsaturated/α-hetero) is 1. The molecule has 0 radical (unpaired) electrons. The third-order valence-electron chi connectivity index (χ3n) is 12.7. The standard InChI is InChI=1S/C38H60O4Si/c1-36(2,3)43(5,6)42-24-12-10-8-7-9-11-13-27-14-16-28(17-15-27)31-26-37(4)32(20-21-34(37)40)30-22-23-38(41)25-29(39)18-19-33(38)35(30)31/h14-17,30-32,34,40-41H,7-13,18-26H2,1-6H3/t30-,31?,32-,34?,37-,38?/m0/s1. The SMILES string of the molecule is CC(C)(C)[Si](C)(C)OCCCCCCCCc1ccc(C2C[C@]3(C)C(O)CC[C@H]3[C@@H]3CCC4(O)CC(=O)CCC4=C23)cc1. The van der Waals surface area contributed by atoms with Gasteiger partial charge in [0.2, 0.25) is 0 Å². The smallest absolute Gasteiger partial charge is 0.191 e. The number of carbonyl (C=O) groups is 1. The van der Waals surface area contributed by atoms with E-state index >= 15 is 0 Å². The van der Waals surface area contributed by atoms with E-state index in [1.165, 1.54) is 60.8 Å². The minimum absolute atomic E-state index is 0.0745. The first-order valence-electron chi connectivity index (χ1n) is 17.6. The highest BCUT2D eigenvalue weighted by atomic mass is 28.4. The average molecular weight is 609 g/mol. The number of fused-ring (bicyclic) bond motifs is 4. The van der Waals surface area contributed by atoms with Crippen LogP contribution in [0.3, 0.4) is 0 Å². The summed E-state index contributed by atoms with van der Waals surface area (Å²) in [5.74, 6) is 1.33. The van der Waals surface area contributed by atoms with Gasteiger partial charge in [-0.3, -0.25) is 4.79 Å². The molecule has 0 spiro atoms. The molecule has 6 atom stereocenters. The van der Waals surface area contributed by atoms with Crippen molar-refractivity contribution in [3.63, 3.8) is 0 Å². The van der Waals surface area contributed by atoms with Crippen LogP contribution in [0, 0.1) is 17.3 Å². The number of aliphatic hydroxyl groups is 2. The normalized spacial score (nSPS) is 32.9. The lowest BCUT2D eigenvalue weighted by Gasteiger charge is -2.54. The minimum Gasteiger partial charge on any atom is -0.417 e. The molecule has 4 nitrogen and oxygen atoms in total. The summed E-state index contributed by atoms with van der Waals surface area (Å²) in [6.45, 7) is 14.8. The second-order valence-electron chi connectivity index (χ2n) is 16.5. The Labute approximate surface area is 263 Å². The van der Waals surface area contributed by atoms with Crippen molar-refractivity contribution in [2.24, 2.45) is 17.3 Å². The number of ketones is 1. The molecule has 0 bridgehead atoms. The van der Waals surface area contributed by atoms with Gasteiger partial charge in [0, 0.05) is 25.4 Å². The number of allylic oxidation sites excluding steroid dienone is 1. The van der Waals surface area contributed by atoms with Crippen molar-refractivity contribution in [1.82, 2.24) is 0 Å². The summed E-state index contributed by atoms with van der Waals surface area (Å²) in [7, 11) is -1.61. The van der Waals surface area contributed by atoms with E-state index in [4.69, 9.17) is 4.43 Å². The van der Waals surface area contributed by atoms with Crippen LogP contribution >= 0.6 is 0 Å². The number of hydrogen-bond donors (Lipinski definition) is 2. The van der Waals surface area contributed by atoms with Crippen LogP contribution in [0.25, 0.3) is 0 Å². The molecule has 0 saturated heterocycles. The number of benzene rings is 1. The topological polar surface area (TPSA) is 66.8 Å². The Bertz CT molecular complexity index is 1160. The van der Waals surface area contributed by atoms with Crippen LogP contribution in [0.4, 0.5) is 0 Å². The highest BCUT2D eigenvalue weighted by molar-refractivity contribution is 6.74. The zero-order chi connectivity index (χ0) is 31.0. The fraction of sp³-hybridized carbons (Fsp3) is 0.763. The molecule has 2 N–H and O–H groups in total. The molecule has 5 rings (SSSR count). The molecule has 4 aliphatic carbocycles. The average Bonchev–Trinajstić information content (AvgIpc) is 3.24. The maximum Gasteiger partial charge on any atom is 0.191 e. The lowest BCUT2D eigenvalue weighted by atomic mass is 9.51. The molecular weight excluding hydrogens is 549 g/mol. The Morgan fingerprint density at radius 3 is 2.33 bits per heavy atom. The van der Waals surface area contributed by atoms with E-state index in [0.29, 0.717) is 42.6 Å². The van der Waals surface area contributed by atoms with Gasteiger partial charge in [-0.1, -0.05) is 83.2 Å². The van der Waals surface area contributed by atoms with Gasteiger partial charge in [-0.25, -0.2) is 0 Å². The number of unbranched alkanes of at least 4 members (excludes halogenated alkanes) is 5. The molecule has 5 heteroatoms. The fourth-order valence-corrected chi connectivity index (χ4v) is 10.1. The van der Waals surface area contributed by atoms with E-state index in [-0.39, 0.29) is 23.2 Å². The Morgan fingerprint density at radius 2 is 1.63 bits per heavy atom. The molecule has 43 heavy (non-hydrogen) atoms. The van der Waals surface area contributed by atoms with Crippen molar-refractivity contribution in [2.45, 2.75) is 160 Å². The molecule has 0 heterocycles. The van der Waals surface area contributed by atoms with Gasteiger partial charge in [0.05, 0.1) is 11.7 Å². The first-order chi connectivity index (χ1) is 20.3. The van der Waals surface area contributed by atoms with Crippen molar-refractivity contribution in [3.8, 4) is 0 Å². The van der Waals surface area contributed by atoms with Crippen LogP contribution in [0.2, 0.25) is 18.1 Å². The van der Waals surface area contributed by atoms with E-state index in [1.807, 2.05) is 0 Å². The zero-order valence-corrected chi connectivity index (χ0v) is 29.1. The van der Waals surface area contributed by atoms with Crippen molar-refractivity contribution >= 4 is 14.1 Å². The van der Waals surface area contributed by atoms with Gasteiger partial charge >= 0.3 is 0 Å². The summed E-state index contributed by atoms with van der Waals surface area (Å²) < 4.78 is 6.33. The van der Waals surface area contributed by atoms with Crippen LogP contribution in [-0.4, -0.2) is 42.6 Å². The highest BCUT2D eigenvalue weighted by Crippen LogP contribution is 2.64. The van der Waals surface area contributed by atoms with Crippen LogP contribution in [-0.2, 0) is 15.6 Å². The van der Waals surface area contributed by atoms with Crippen LogP contribution in [0.15, 0.2) is 35.4 Å². The summed E-state index contributed by atoms with van der Waals surface area (Å²) in [5, 5.41) is 23.1. The molecule has 3 saturated carbocycles. The predicted molar refractivity (Wildman–Crippen MR) is 179 cm³/mol. The highest BCUT2D eigenvalue weighted by Gasteiger charge is 2.58. The van der Waals surface area contributed by atoms with E-state index < -0.39 is 13.9 Å². The number of aryl methyl sites for hydroxylation is 1. The van der Waals surface area contributed by atoms with Crippen molar-refractivity contribution in [3.05, 3.63) is 46.5 Å². The van der Waals surface area contributed by atoms with Gasteiger partial charge in [-0.2, -0.15) is 0 Å². The largest absolute Gasteiger partial charge is 0.417 e. The van der Waals surface area contributed by atoms with E-state index in [1.54, 1.807) is 0 Å². The van der Waals surface area contributed by atoms with E-state index in [0.717, 1.165) is 38.7 Å². The van der Waals surface area contributed by atoms with Crippen LogP contribution < -0.4 is 0 Å². The van der Waals surface area contributed by atoms with Crippen molar-refractivity contribution in [1.29, 1.82) is 0 Å². The molecular formula is C38H60O4Si. The lowest BCUT2D eigenvalue weighted by molar-refractivity contribution is -0.126. The minimum atomic E-state index is -1.61. The first-order valence-corrected chi connectivity index (χ1v) is 20.5. The molecule has 0 aromatic heterocycles. The number of rotatable bonds is 11. The molecule has 1 aromatic rings. The molecule has 240 valence electrons. The van der Waals surface area contributed by atoms with Gasteiger partial charge in [-0.15, -0.1) is 0 Å². The third-order valence-corrected chi connectivity index (χ3v) is 17.2. The summed E-state index contributed by atoms with van der Waals surface area (Å²) in [4.78, 5) is 12.4. The Morgan fingerprint density at radius 1 is 0.953 bits per heavy atom. The van der Waals surface area contributed by atoms with Gasteiger partial charge in [0.15, 0.2) is 8.32 Å². The van der Waals surface area contributed by atoms with E-state index in [2.05, 4.69) is 65.1 Å². The summed E-state index contributed by atoms with van der Waals surface area (Å²) in [6.07, 6.45) is 14.5. The van der Waals surface area contributed by atoms with Gasteiger partial charge in [0.25, 0.3) is 0 Å². The Balaban J connectivity index is 1.17. The van der Waals surface area contributed by atoms with E-state index in [9.17, 15) is 15.0 Å². The third kappa shape index (κ3) is 6.81. The van der Waals surface area contributed by atoms with Gasteiger partial charge < -0.3 is 14.6 Å². The molecule has 3 fully saturated rings. The number of hydrogen-bond acceptors (Lipinski definition) is 4. The van der Waals surface area contributed by atoms with Gasteiger partial charge in [-0.05, 0) is 110 Å². The molecule has 1 aromatic carbocycles. The van der Waals surface area contributed by atoms with Gasteiger partial charge in [0.1, 0.15) is 5.78 Å². The number of aliphatic hydroxyl groups excluding tert-OH is 1. The maximum atomic E-state index is 12.4. The molecule has 0 amide bonds. The summed E-state index contributed by atoms with van der Waals surface area (Å²) >= 11 is 0. The summed E-state index contributed by atoms with van der Waals surface area (Å²) in [5.41, 5.74) is 4.35. The number of carbonyl (C=O) groups excluding carboxylic acids is 1. The van der Waals surface area contributed by atoms with Crippen molar-refractivity contribution in [2.75, 3.05) is 6.61 Å². The van der Waals surface area contributed by atoms with Crippen LogP contribution in [0.5, 0.6) is 0 Å². The maximum absolute atomic E-state index is 12.4. The second kappa shape index (κ2) is 12.8. The molecule has 3 unspecified atom stereocenters. The lowest BCUT2D eigenvalue weighted by Crippen LogP contribution is -2.50. The van der Waals surface area contributed by atoms with Crippen LogP contribution in [0.1, 0.15) is 135 Å². The van der Waals surface area contributed by atoms with Crippen molar-refractivity contribution < 1.29 is 19.4 Å². The fourth-order valence-electron chi connectivity index (χ4n) is 8.97. The Kier molecular flexibility index (Phi) is 9.89. The molecule has 0 aliphatic heterocycles.